The molecule has 0 fully saturated rings. The van der Waals surface area contributed by atoms with Crippen LogP contribution in [0.3, 0.4) is 0 Å². The zero-order valence-electron chi connectivity index (χ0n) is 10.4. The van der Waals surface area contributed by atoms with Crippen LogP contribution in [0.15, 0.2) is 29.4 Å². The molecule has 1 aromatic carbocycles. The fraction of sp³-hybridized carbons (Fsp3) is 0.333. The molecule has 0 heterocycles. The van der Waals surface area contributed by atoms with Crippen LogP contribution in [0, 0.1) is 0 Å². The molecule has 2 amide bonds. The summed E-state index contributed by atoms with van der Waals surface area (Å²) in [5, 5.41) is 17.1. The van der Waals surface area contributed by atoms with Crippen LogP contribution in [0.1, 0.15) is 19.3 Å². The summed E-state index contributed by atoms with van der Waals surface area (Å²) in [5.41, 5.74) is 5.96. The summed E-state index contributed by atoms with van der Waals surface area (Å²) < 4.78 is 0. The molecule has 1 aromatic rings. The molecule has 0 unspecified atom stereocenters. The quantitative estimate of drug-likeness (QED) is 0.212. The molecule has 19 heavy (non-hydrogen) atoms. The highest BCUT2D eigenvalue weighted by molar-refractivity contribution is 6.30. The summed E-state index contributed by atoms with van der Waals surface area (Å²) in [6.45, 7) is 0.519. The molecular formula is C12H17ClN4O2. The number of nitrogens with two attached hydrogens (primary N) is 1. The van der Waals surface area contributed by atoms with Crippen LogP contribution in [-0.4, -0.2) is 23.6 Å². The molecule has 1 rings (SSSR count). The largest absolute Gasteiger partial charge is 0.409 e. The van der Waals surface area contributed by atoms with Gasteiger partial charge in [-0.2, -0.15) is 0 Å². The van der Waals surface area contributed by atoms with E-state index in [9.17, 15) is 4.79 Å². The van der Waals surface area contributed by atoms with Crippen molar-refractivity contribution < 1.29 is 10.0 Å². The lowest BCUT2D eigenvalue weighted by molar-refractivity contribution is 0.252. The molecule has 6 nitrogen and oxygen atoms in total. The van der Waals surface area contributed by atoms with E-state index in [-0.39, 0.29) is 11.9 Å². The Morgan fingerprint density at radius 2 is 2.21 bits per heavy atom. The van der Waals surface area contributed by atoms with Crippen LogP contribution >= 0.6 is 11.6 Å². The molecule has 0 radical (unpaired) electrons. The number of nitrogens with zero attached hydrogens (tertiary/aromatic N) is 1. The summed E-state index contributed by atoms with van der Waals surface area (Å²) in [7, 11) is 0. The molecule has 0 bridgehead atoms. The zero-order chi connectivity index (χ0) is 14.1. The van der Waals surface area contributed by atoms with E-state index < -0.39 is 0 Å². The number of carbonyl (C=O) groups is 1. The number of benzene rings is 1. The topological polar surface area (TPSA) is 99.7 Å². The van der Waals surface area contributed by atoms with Crippen molar-refractivity contribution in [1.29, 1.82) is 0 Å². The lowest BCUT2D eigenvalue weighted by atomic mass is 10.2. The molecule has 0 saturated carbocycles. The number of rotatable bonds is 6. The number of hydrogen-bond donors (Lipinski definition) is 4. The van der Waals surface area contributed by atoms with Gasteiger partial charge in [0.2, 0.25) is 0 Å². The number of oxime groups is 1. The van der Waals surface area contributed by atoms with Crippen molar-refractivity contribution in [2.75, 3.05) is 11.9 Å². The number of nitrogens with one attached hydrogen (secondary N) is 2. The highest BCUT2D eigenvalue weighted by Crippen LogP contribution is 2.14. The molecule has 0 aliphatic carbocycles. The number of carbonyl (C=O) groups excluding carboxylic acids is 1. The Balaban J connectivity index is 2.18. The van der Waals surface area contributed by atoms with Gasteiger partial charge in [0.25, 0.3) is 0 Å². The molecule has 0 spiro atoms. The second-order valence-electron chi connectivity index (χ2n) is 3.94. The molecule has 0 aromatic heterocycles. The fourth-order valence-electron chi connectivity index (χ4n) is 1.42. The van der Waals surface area contributed by atoms with Crippen LogP contribution < -0.4 is 16.4 Å². The second-order valence-corrected chi connectivity index (χ2v) is 4.38. The monoisotopic (exact) mass is 284 g/mol. The lowest BCUT2D eigenvalue weighted by Gasteiger charge is -2.07. The van der Waals surface area contributed by atoms with E-state index in [1.54, 1.807) is 24.3 Å². The van der Waals surface area contributed by atoms with Gasteiger partial charge in [-0.1, -0.05) is 22.8 Å². The highest BCUT2D eigenvalue weighted by atomic mass is 35.5. The molecule has 0 aliphatic heterocycles. The summed E-state index contributed by atoms with van der Waals surface area (Å²) in [6, 6.07) is 6.63. The lowest BCUT2D eigenvalue weighted by Crippen LogP contribution is -2.29. The molecule has 0 atom stereocenters. The normalized spacial score (nSPS) is 11.1. The van der Waals surface area contributed by atoms with Gasteiger partial charge >= 0.3 is 6.03 Å². The van der Waals surface area contributed by atoms with Gasteiger partial charge in [0.05, 0.1) is 0 Å². The van der Waals surface area contributed by atoms with Crippen molar-refractivity contribution in [3.05, 3.63) is 29.3 Å². The van der Waals surface area contributed by atoms with Gasteiger partial charge in [0.15, 0.2) is 0 Å². The van der Waals surface area contributed by atoms with Crippen molar-refractivity contribution in [2.24, 2.45) is 10.9 Å². The summed E-state index contributed by atoms with van der Waals surface area (Å²) in [6.07, 6.45) is 2.00. The van der Waals surface area contributed by atoms with Crippen molar-refractivity contribution in [3.8, 4) is 0 Å². The Hall–Kier alpha value is -1.95. The van der Waals surface area contributed by atoms with E-state index in [0.29, 0.717) is 23.7 Å². The predicted molar refractivity (Wildman–Crippen MR) is 75.7 cm³/mol. The van der Waals surface area contributed by atoms with Gasteiger partial charge in [0.1, 0.15) is 5.84 Å². The average Bonchev–Trinajstić information content (AvgIpc) is 2.38. The first-order chi connectivity index (χ1) is 9.11. The number of amides is 2. The predicted octanol–water partition coefficient (Wildman–Crippen LogP) is 2.38. The van der Waals surface area contributed by atoms with E-state index in [1.165, 1.54) is 0 Å². The summed E-state index contributed by atoms with van der Waals surface area (Å²) in [4.78, 5) is 11.5. The Kier molecular flexibility index (Phi) is 6.52. The molecule has 104 valence electrons. The smallest absolute Gasteiger partial charge is 0.319 e. The van der Waals surface area contributed by atoms with Crippen molar-refractivity contribution in [2.45, 2.75) is 19.3 Å². The van der Waals surface area contributed by atoms with Gasteiger partial charge in [-0.15, -0.1) is 0 Å². The van der Waals surface area contributed by atoms with Gasteiger partial charge in [-0.3, -0.25) is 0 Å². The van der Waals surface area contributed by atoms with Crippen LogP contribution in [0.25, 0.3) is 0 Å². The Morgan fingerprint density at radius 1 is 1.42 bits per heavy atom. The van der Waals surface area contributed by atoms with Gasteiger partial charge < -0.3 is 21.6 Å². The van der Waals surface area contributed by atoms with Crippen molar-refractivity contribution >= 4 is 29.2 Å². The van der Waals surface area contributed by atoms with E-state index in [2.05, 4.69) is 15.8 Å². The minimum atomic E-state index is -0.286. The molecule has 5 N–H and O–H groups in total. The third-order valence-electron chi connectivity index (χ3n) is 2.36. The Bertz CT molecular complexity index is 451. The molecule has 0 aliphatic rings. The van der Waals surface area contributed by atoms with Crippen LogP contribution in [-0.2, 0) is 0 Å². The minimum absolute atomic E-state index is 0.198. The first-order valence-corrected chi connectivity index (χ1v) is 6.26. The third kappa shape index (κ3) is 6.52. The second kappa shape index (κ2) is 8.20. The van der Waals surface area contributed by atoms with Crippen molar-refractivity contribution in [3.63, 3.8) is 0 Å². The first kappa shape index (κ1) is 15.1. The van der Waals surface area contributed by atoms with E-state index in [0.717, 1.165) is 12.8 Å². The summed E-state index contributed by atoms with van der Waals surface area (Å²) in [5.74, 6) is 0.198. The zero-order valence-corrected chi connectivity index (χ0v) is 11.2. The Labute approximate surface area is 116 Å². The van der Waals surface area contributed by atoms with Gasteiger partial charge in [-0.05, 0) is 31.0 Å². The average molecular weight is 285 g/mol. The van der Waals surface area contributed by atoms with E-state index >= 15 is 0 Å². The van der Waals surface area contributed by atoms with Crippen LogP contribution in [0.2, 0.25) is 5.02 Å². The SMILES string of the molecule is NC(CCCCNC(=O)Nc1cccc(Cl)c1)=NO. The third-order valence-corrected chi connectivity index (χ3v) is 2.59. The van der Waals surface area contributed by atoms with Gasteiger partial charge in [-0.25, -0.2) is 4.79 Å². The number of hydrogen-bond acceptors (Lipinski definition) is 3. The van der Waals surface area contributed by atoms with Crippen LogP contribution in [0.5, 0.6) is 0 Å². The number of halogens is 1. The van der Waals surface area contributed by atoms with Crippen molar-refractivity contribution in [1.82, 2.24) is 5.32 Å². The minimum Gasteiger partial charge on any atom is -0.409 e. The molecule has 7 heteroatoms. The first-order valence-electron chi connectivity index (χ1n) is 5.88. The highest BCUT2D eigenvalue weighted by Gasteiger charge is 2.01. The maximum atomic E-state index is 11.5. The fourth-order valence-corrected chi connectivity index (χ4v) is 1.61. The van der Waals surface area contributed by atoms with Gasteiger partial charge in [0, 0.05) is 23.7 Å². The standard InChI is InChI=1S/C12H17ClN4O2/c13-9-4-3-5-10(8-9)16-12(18)15-7-2-1-6-11(14)17-19/h3-5,8,19H,1-2,6-7H2,(H2,14,17)(H2,15,16,18). The number of urea groups is 1. The summed E-state index contributed by atoms with van der Waals surface area (Å²) >= 11 is 5.80. The maximum absolute atomic E-state index is 11.5. The van der Waals surface area contributed by atoms with Crippen LogP contribution in [0.4, 0.5) is 10.5 Å². The number of amidine groups is 1. The maximum Gasteiger partial charge on any atom is 0.319 e. The van der Waals surface area contributed by atoms with E-state index in [4.69, 9.17) is 22.5 Å². The Morgan fingerprint density at radius 3 is 2.89 bits per heavy atom. The number of unbranched alkanes of at least 4 members (excludes halogenated alkanes) is 1. The number of anilines is 1. The molecule has 0 saturated heterocycles. The molecular weight excluding hydrogens is 268 g/mol. The van der Waals surface area contributed by atoms with E-state index in [1.807, 2.05) is 0 Å².